The topological polar surface area (TPSA) is 52.7 Å². The van der Waals surface area contributed by atoms with Crippen LogP contribution in [0.5, 0.6) is 0 Å². The van der Waals surface area contributed by atoms with E-state index in [1.54, 1.807) is 0 Å². The highest BCUT2D eigenvalue weighted by Gasteiger charge is 2.23. The summed E-state index contributed by atoms with van der Waals surface area (Å²) in [5.41, 5.74) is 1.99. The molecular formula is C20H31N3O2. The van der Waals surface area contributed by atoms with Crippen LogP contribution in [0.2, 0.25) is 0 Å². The van der Waals surface area contributed by atoms with Crippen molar-refractivity contribution in [2.45, 2.75) is 46.1 Å². The number of benzene rings is 1. The summed E-state index contributed by atoms with van der Waals surface area (Å²) in [6.45, 7) is 11.6. The van der Waals surface area contributed by atoms with Crippen LogP contribution in [-0.4, -0.2) is 60.4 Å². The van der Waals surface area contributed by atoms with Gasteiger partial charge in [-0.2, -0.15) is 0 Å². The van der Waals surface area contributed by atoms with Gasteiger partial charge in [0.2, 0.25) is 5.91 Å². The van der Waals surface area contributed by atoms with E-state index in [0.717, 1.165) is 25.1 Å². The largest absolute Gasteiger partial charge is 0.353 e. The van der Waals surface area contributed by atoms with Gasteiger partial charge >= 0.3 is 0 Å². The fraction of sp³-hybridized carbons (Fsp3) is 0.600. The molecule has 1 N–H and O–H groups in total. The number of amides is 2. The number of hydrogen-bond acceptors (Lipinski definition) is 3. The van der Waals surface area contributed by atoms with E-state index in [9.17, 15) is 9.59 Å². The van der Waals surface area contributed by atoms with E-state index in [-0.39, 0.29) is 17.9 Å². The van der Waals surface area contributed by atoms with Crippen LogP contribution in [-0.2, 0) is 4.79 Å². The van der Waals surface area contributed by atoms with Crippen LogP contribution < -0.4 is 5.32 Å². The van der Waals surface area contributed by atoms with Crippen molar-refractivity contribution in [3.63, 3.8) is 0 Å². The summed E-state index contributed by atoms with van der Waals surface area (Å²) in [4.78, 5) is 28.6. The van der Waals surface area contributed by atoms with Gasteiger partial charge in [0.25, 0.3) is 5.91 Å². The first-order valence-electron chi connectivity index (χ1n) is 9.31. The van der Waals surface area contributed by atoms with E-state index >= 15 is 0 Å². The van der Waals surface area contributed by atoms with Gasteiger partial charge < -0.3 is 10.2 Å². The number of nitrogens with one attached hydrogen (secondary N) is 1. The van der Waals surface area contributed by atoms with Gasteiger partial charge in [-0.25, -0.2) is 0 Å². The molecule has 1 heterocycles. The first-order valence-corrected chi connectivity index (χ1v) is 9.31. The van der Waals surface area contributed by atoms with E-state index in [1.165, 1.54) is 5.56 Å². The molecule has 2 rings (SSSR count). The van der Waals surface area contributed by atoms with Crippen LogP contribution in [0.3, 0.4) is 0 Å². The van der Waals surface area contributed by atoms with Gasteiger partial charge in [0.1, 0.15) is 0 Å². The van der Waals surface area contributed by atoms with Gasteiger partial charge in [0.15, 0.2) is 0 Å². The highest BCUT2D eigenvalue weighted by atomic mass is 16.2. The molecule has 0 radical (unpaired) electrons. The first kappa shape index (κ1) is 19.4. The predicted octanol–water partition coefficient (Wildman–Crippen LogP) is 2.48. The molecule has 25 heavy (non-hydrogen) atoms. The Labute approximate surface area is 151 Å². The number of carbonyl (C=O) groups excluding carboxylic acids is 2. The van der Waals surface area contributed by atoms with Gasteiger partial charge in [-0.15, -0.1) is 0 Å². The van der Waals surface area contributed by atoms with Crippen molar-refractivity contribution >= 4 is 11.8 Å². The highest BCUT2D eigenvalue weighted by Crippen LogP contribution is 2.16. The molecular weight excluding hydrogens is 314 g/mol. The molecule has 1 fully saturated rings. The van der Waals surface area contributed by atoms with Crippen molar-refractivity contribution in [3.8, 4) is 0 Å². The summed E-state index contributed by atoms with van der Waals surface area (Å²) in [7, 11) is 0. The summed E-state index contributed by atoms with van der Waals surface area (Å²) in [6.07, 6.45) is 0.934. The average molecular weight is 345 g/mol. The summed E-state index contributed by atoms with van der Waals surface area (Å²) in [5, 5.41) is 2.99. The molecule has 2 amide bonds. The van der Waals surface area contributed by atoms with Crippen molar-refractivity contribution in [1.29, 1.82) is 0 Å². The van der Waals surface area contributed by atoms with Crippen molar-refractivity contribution in [2.75, 3.05) is 32.7 Å². The Balaban J connectivity index is 1.83. The Morgan fingerprint density at radius 3 is 2.16 bits per heavy atom. The summed E-state index contributed by atoms with van der Waals surface area (Å²) in [5.74, 6) is 0.617. The summed E-state index contributed by atoms with van der Waals surface area (Å²) < 4.78 is 0. The number of rotatable bonds is 6. The van der Waals surface area contributed by atoms with E-state index in [0.29, 0.717) is 25.6 Å². The number of nitrogens with zero attached hydrogens (tertiary/aromatic N) is 2. The Morgan fingerprint density at radius 1 is 1.04 bits per heavy atom. The van der Waals surface area contributed by atoms with Gasteiger partial charge in [-0.1, -0.05) is 32.9 Å². The Hall–Kier alpha value is -1.88. The second-order valence-electron chi connectivity index (χ2n) is 7.22. The molecule has 1 atom stereocenters. The second-order valence-corrected chi connectivity index (χ2v) is 7.22. The quantitative estimate of drug-likeness (QED) is 0.862. The van der Waals surface area contributed by atoms with Crippen molar-refractivity contribution in [2.24, 2.45) is 0 Å². The minimum atomic E-state index is 0.0680. The molecule has 0 spiro atoms. The molecule has 0 bridgehead atoms. The standard InChI is InChI=1S/C20H31N3O2/c1-5-16(4)21-19(24)14-22-10-12-23(13-11-22)20(25)18-8-6-17(7-9-18)15(2)3/h6-9,15-16H,5,10-14H2,1-4H3,(H,21,24). The molecule has 138 valence electrons. The van der Waals surface area contributed by atoms with Gasteiger partial charge in [0.05, 0.1) is 6.54 Å². The molecule has 0 saturated carbocycles. The Kier molecular flexibility index (Phi) is 7.00. The van der Waals surface area contributed by atoms with Crippen LogP contribution in [0.4, 0.5) is 0 Å². The summed E-state index contributed by atoms with van der Waals surface area (Å²) >= 11 is 0. The normalized spacial score (nSPS) is 16.8. The fourth-order valence-electron chi connectivity index (χ4n) is 2.93. The van der Waals surface area contributed by atoms with E-state index in [1.807, 2.05) is 36.1 Å². The number of carbonyl (C=O) groups is 2. The molecule has 5 nitrogen and oxygen atoms in total. The zero-order valence-electron chi connectivity index (χ0n) is 15.9. The van der Waals surface area contributed by atoms with Gasteiger partial charge in [0, 0.05) is 37.8 Å². The molecule has 0 aliphatic carbocycles. The molecule has 1 aliphatic heterocycles. The van der Waals surface area contributed by atoms with Crippen LogP contribution in [0, 0.1) is 0 Å². The lowest BCUT2D eigenvalue weighted by Crippen LogP contribution is -2.51. The zero-order chi connectivity index (χ0) is 18.4. The third kappa shape index (κ3) is 5.56. The molecule has 1 unspecified atom stereocenters. The van der Waals surface area contributed by atoms with E-state index in [4.69, 9.17) is 0 Å². The molecule has 1 aromatic carbocycles. The fourth-order valence-corrected chi connectivity index (χ4v) is 2.93. The monoisotopic (exact) mass is 345 g/mol. The maximum absolute atomic E-state index is 12.6. The lowest BCUT2D eigenvalue weighted by Gasteiger charge is -2.34. The van der Waals surface area contributed by atoms with Crippen molar-refractivity contribution in [1.82, 2.24) is 15.1 Å². The van der Waals surface area contributed by atoms with Crippen LogP contribution >= 0.6 is 0 Å². The third-order valence-electron chi connectivity index (χ3n) is 4.87. The highest BCUT2D eigenvalue weighted by molar-refractivity contribution is 5.94. The van der Waals surface area contributed by atoms with Crippen LogP contribution in [0.1, 0.15) is 56.0 Å². The Morgan fingerprint density at radius 2 is 1.64 bits per heavy atom. The molecule has 1 saturated heterocycles. The van der Waals surface area contributed by atoms with E-state index in [2.05, 4.69) is 31.0 Å². The molecule has 0 aromatic heterocycles. The molecule has 1 aromatic rings. The SMILES string of the molecule is CCC(C)NC(=O)CN1CCN(C(=O)c2ccc(C(C)C)cc2)CC1. The van der Waals surface area contributed by atoms with Gasteiger partial charge in [-0.05, 0) is 37.0 Å². The van der Waals surface area contributed by atoms with Crippen LogP contribution in [0.25, 0.3) is 0 Å². The lowest BCUT2D eigenvalue weighted by atomic mass is 10.0. The van der Waals surface area contributed by atoms with Crippen LogP contribution in [0.15, 0.2) is 24.3 Å². The van der Waals surface area contributed by atoms with E-state index < -0.39 is 0 Å². The Bertz CT molecular complexity index is 575. The van der Waals surface area contributed by atoms with Crippen molar-refractivity contribution in [3.05, 3.63) is 35.4 Å². The average Bonchev–Trinajstić information content (AvgIpc) is 2.61. The summed E-state index contributed by atoms with van der Waals surface area (Å²) in [6, 6.07) is 8.12. The number of piperazine rings is 1. The third-order valence-corrected chi connectivity index (χ3v) is 4.87. The maximum atomic E-state index is 12.6. The second kappa shape index (κ2) is 8.99. The molecule has 1 aliphatic rings. The minimum absolute atomic E-state index is 0.0680. The predicted molar refractivity (Wildman–Crippen MR) is 101 cm³/mol. The number of hydrogen-bond donors (Lipinski definition) is 1. The lowest BCUT2D eigenvalue weighted by molar-refractivity contribution is -0.123. The first-order chi connectivity index (χ1) is 11.9. The zero-order valence-corrected chi connectivity index (χ0v) is 15.9. The maximum Gasteiger partial charge on any atom is 0.253 e. The van der Waals surface area contributed by atoms with Crippen molar-refractivity contribution < 1.29 is 9.59 Å². The smallest absolute Gasteiger partial charge is 0.253 e. The van der Waals surface area contributed by atoms with Gasteiger partial charge in [-0.3, -0.25) is 14.5 Å². The molecule has 5 heteroatoms. The minimum Gasteiger partial charge on any atom is -0.353 e.